The first-order valence-electron chi connectivity index (χ1n) is 8.89. The molecule has 3 aromatic rings. The van der Waals surface area contributed by atoms with E-state index in [1.54, 1.807) is 0 Å². The standard InChI is InChI=1S/C20H22N4O2/c1-14-19(16-4-2-3-5-17(16)22-14)20(26)24-10-8-23(9-11-24)18(25)12-15-6-7-21-13-15/h2-7,13,21-22H,8-12H2,1H3. The smallest absolute Gasteiger partial charge is 0.256 e. The van der Waals surface area contributed by atoms with E-state index in [-0.39, 0.29) is 11.8 Å². The van der Waals surface area contributed by atoms with Crippen molar-refractivity contribution >= 4 is 22.7 Å². The van der Waals surface area contributed by atoms with Crippen molar-refractivity contribution in [1.82, 2.24) is 19.8 Å². The molecule has 4 rings (SSSR count). The van der Waals surface area contributed by atoms with E-state index >= 15 is 0 Å². The lowest BCUT2D eigenvalue weighted by Gasteiger charge is -2.35. The summed E-state index contributed by atoms with van der Waals surface area (Å²) in [6, 6.07) is 9.78. The van der Waals surface area contributed by atoms with E-state index < -0.39 is 0 Å². The van der Waals surface area contributed by atoms with Crippen LogP contribution in [0.5, 0.6) is 0 Å². The van der Waals surface area contributed by atoms with Crippen LogP contribution in [0, 0.1) is 6.92 Å². The Morgan fingerprint density at radius 1 is 1.04 bits per heavy atom. The molecule has 2 amide bonds. The lowest BCUT2D eigenvalue weighted by Crippen LogP contribution is -2.51. The van der Waals surface area contributed by atoms with Crippen molar-refractivity contribution in [1.29, 1.82) is 0 Å². The molecule has 26 heavy (non-hydrogen) atoms. The van der Waals surface area contributed by atoms with Gasteiger partial charge < -0.3 is 19.8 Å². The third-order valence-corrected chi connectivity index (χ3v) is 5.04. The number of para-hydroxylation sites is 1. The Hall–Kier alpha value is -3.02. The summed E-state index contributed by atoms with van der Waals surface area (Å²) in [5.74, 6) is 0.151. The summed E-state index contributed by atoms with van der Waals surface area (Å²) in [7, 11) is 0. The van der Waals surface area contributed by atoms with Crippen molar-refractivity contribution in [3.8, 4) is 0 Å². The van der Waals surface area contributed by atoms with Crippen molar-refractivity contribution in [3.05, 3.63) is 59.5 Å². The van der Waals surface area contributed by atoms with Crippen molar-refractivity contribution in [2.75, 3.05) is 26.2 Å². The van der Waals surface area contributed by atoms with Crippen molar-refractivity contribution in [2.45, 2.75) is 13.3 Å². The van der Waals surface area contributed by atoms with Gasteiger partial charge in [-0.2, -0.15) is 0 Å². The number of amides is 2. The summed E-state index contributed by atoms with van der Waals surface area (Å²) in [4.78, 5) is 35.4. The minimum Gasteiger partial charge on any atom is -0.367 e. The minimum absolute atomic E-state index is 0.0395. The molecule has 2 aromatic heterocycles. The number of rotatable bonds is 3. The number of nitrogens with zero attached hydrogens (tertiary/aromatic N) is 2. The van der Waals surface area contributed by atoms with E-state index in [9.17, 15) is 9.59 Å². The maximum absolute atomic E-state index is 13.0. The maximum atomic E-state index is 13.0. The van der Waals surface area contributed by atoms with Crippen LogP contribution >= 0.6 is 0 Å². The molecule has 2 N–H and O–H groups in total. The van der Waals surface area contributed by atoms with E-state index in [1.165, 1.54) is 0 Å². The summed E-state index contributed by atoms with van der Waals surface area (Å²) in [6.45, 7) is 4.23. The van der Waals surface area contributed by atoms with Gasteiger partial charge >= 0.3 is 0 Å². The number of nitrogens with one attached hydrogen (secondary N) is 2. The molecule has 0 atom stereocenters. The third kappa shape index (κ3) is 2.98. The van der Waals surface area contributed by atoms with Gasteiger partial charge in [0.2, 0.25) is 5.91 Å². The molecule has 0 saturated carbocycles. The molecule has 0 unspecified atom stereocenters. The van der Waals surface area contributed by atoms with Gasteiger partial charge in [-0.05, 0) is 24.6 Å². The van der Waals surface area contributed by atoms with Crippen LogP contribution in [0.2, 0.25) is 0 Å². The molecule has 1 aliphatic heterocycles. The summed E-state index contributed by atoms with van der Waals surface area (Å²) < 4.78 is 0. The molecule has 0 bridgehead atoms. The van der Waals surface area contributed by atoms with E-state index in [0.29, 0.717) is 32.6 Å². The van der Waals surface area contributed by atoms with Gasteiger partial charge in [0.05, 0.1) is 12.0 Å². The number of benzene rings is 1. The Morgan fingerprint density at radius 3 is 2.50 bits per heavy atom. The second-order valence-corrected chi connectivity index (χ2v) is 6.74. The van der Waals surface area contributed by atoms with Crippen LogP contribution < -0.4 is 0 Å². The van der Waals surface area contributed by atoms with Gasteiger partial charge in [-0.1, -0.05) is 18.2 Å². The summed E-state index contributed by atoms with van der Waals surface area (Å²) >= 11 is 0. The number of aromatic amines is 2. The molecule has 1 aromatic carbocycles. The Balaban J connectivity index is 1.43. The van der Waals surface area contributed by atoms with Gasteiger partial charge in [-0.15, -0.1) is 0 Å². The molecule has 3 heterocycles. The van der Waals surface area contributed by atoms with Gasteiger partial charge in [0.25, 0.3) is 5.91 Å². The maximum Gasteiger partial charge on any atom is 0.256 e. The largest absolute Gasteiger partial charge is 0.367 e. The first-order chi connectivity index (χ1) is 12.6. The topological polar surface area (TPSA) is 72.2 Å². The fourth-order valence-electron chi connectivity index (χ4n) is 3.62. The first-order valence-corrected chi connectivity index (χ1v) is 8.89. The number of carbonyl (C=O) groups excluding carboxylic acids is 2. The second kappa shape index (κ2) is 6.71. The van der Waals surface area contributed by atoms with E-state index in [1.807, 2.05) is 59.4 Å². The number of H-pyrrole nitrogens is 2. The fraction of sp³-hybridized carbons (Fsp3) is 0.300. The fourth-order valence-corrected chi connectivity index (χ4v) is 3.62. The number of aryl methyl sites for hydroxylation is 1. The Labute approximate surface area is 151 Å². The number of hydrogen-bond donors (Lipinski definition) is 2. The number of carbonyl (C=O) groups is 2. The Kier molecular flexibility index (Phi) is 4.24. The Morgan fingerprint density at radius 2 is 1.77 bits per heavy atom. The molecule has 1 fully saturated rings. The van der Waals surface area contributed by atoms with Crippen LogP contribution in [0.4, 0.5) is 0 Å². The molecular formula is C20H22N4O2. The van der Waals surface area contributed by atoms with Crippen LogP contribution in [0.25, 0.3) is 10.9 Å². The number of hydrogen-bond acceptors (Lipinski definition) is 2. The van der Waals surface area contributed by atoms with E-state index in [4.69, 9.17) is 0 Å². The van der Waals surface area contributed by atoms with Crippen molar-refractivity contribution in [3.63, 3.8) is 0 Å². The molecule has 1 aliphatic rings. The van der Waals surface area contributed by atoms with Crippen LogP contribution in [-0.4, -0.2) is 57.8 Å². The monoisotopic (exact) mass is 350 g/mol. The zero-order valence-corrected chi connectivity index (χ0v) is 14.8. The molecule has 0 aliphatic carbocycles. The number of aromatic nitrogens is 2. The highest BCUT2D eigenvalue weighted by Gasteiger charge is 2.27. The summed E-state index contributed by atoms with van der Waals surface area (Å²) in [6.07, 6.45) is 4.07. The molecule has 134 valence electrons. The number of piperazine rings is 1. The molecule has 6 heteroatoms. The average Bonchev–Trinajstić information content (AvgIpc) is 3.27. The predicted octanol–water partition coefficient (Wildman–Crippen LogP) is 2.33. The lowest BCUT2D eigenvalue weighted by molar-refractivity contribution is -0.131. The Bertz CT molecular complexity index is 934. The summed E-state index contributed by atoms with van der Waals surface area (Å²) in [5, 5.41) is 0.959. The molecule has 0 radical (unpaired) electrons. The van der Waals surface area contributed by atoms with Crippen LogP contribution in [0.3, 0.4) is 0 Å². The van der Waals surface area contributed by atoms with Gasteiger partial charge in [0.1, 0.15) is 0 Å². The average molecular weight is 350 g/mol. The minimum atomic E-state index is 0.0395. The molecule has 6 nitrogen and oxygen atoms in total. The van der Waals surface area contributed by atoms with Crippen LogP contribution in [-0.2, 0) is 11.2 Å². The molecule has 0 spiro atoms. The van der Waals surface area contributed by atoms with Crippen LogP contribution in [0.15, 0.2) is 42.7 Å². The number of fused-ring (bicyclic) bond motifs is 1. The van der Waals surface area contributed by atoms with Gasteiger partial charge in [0, 0.05) is 55.2 Å². The highest BCUT2D eigenvalue weighted by Crippen LogP contribution is 2.24. The third-order valence-electron chi connectivity index (χ3n) is 5.04. The van der Waals surface area contributed by atoms with Gasteiger partial charge in [-0.25, -0.2) is 0 Å². The predicted molar refractivity (Wildman–Crippen MR) is 100 cm³/mol. The second-order valence-electron chi connectivity index (χ2n) is 6.74. The van der Waals surface area contributed by atoms with Crippen molar-refractivity contribution in [2.24, 2.45) is 0 Å². The lowest BCUT2D eigenvalue weighted by atomic mass is 10.1. The first kappa shape index (κ1) is 16.4. The highest BCUT2D eigenvalue weighted by molar-refractivity contribution is 6.08. The SMILES string of the molecule is Cc1[nH]c2ccccc2c1C(=O)N1CCN(C(=O)Cc2cc[nH]c2)CC1. The van der Waals surface area contributed by atoms with Gasteiger partial charge in [-0.3, -0.25) is 9.59 Å². The zero-order chi connectivity index (χ0) is 18.1. The highest BCUT2D eigenvalue weighted by atomic mass is 16.2. The molecule has 1 saturated heterocycles. The van der Waals surface area contributed by atoms with E-state index in [2.05, 4.69) is 9.97 Å². The normalized spacial score (nSPS) is 14.8. The van der Waals surface area contributed by atoms with Crippen LogP contribution in [0.1, 0.15) is 21.6 Å². The van der Waals surface area contributed by atoms with E-state index in [0.717, 1.165) is 27.7 Å². The quantitative estimate of drug-likeness (QED) is 0.761. The molecular weight excluding hydrogens is 328 g/mol. The van der Waals surface area contributed by atoms with Gasteiger partial charge in [0.15, 0.2) is 0 Å². The summed E-state index contributed by atoms with van der Waals surface area (Å²) in [5.41, 5.74) is 3.60. The van der Waals surface area contributed by atoms with Crippen molar-refractivity contribution < 1.29 is 9.59 Å². The zero-order valence-electron chi connectivity index (χ0n) is 14.8.